The van der Waals surface area contributed by atoms with Crippen LogP contribution in [0.25, 0.3) is 0 Å². The van der Waals surface area contributed by atoms with Crippen molar-refractivity contribution in [1.82, 2.24) is 25.2 Å². The average Bonchev–Trinajstić information content (AvgIpc) is 3.32. The van der Waals surface area contributed by atoms with Gasteiger partial charge in [-0.25, -0.2) is 0 Å². The van der Waals surface area contributed by atoms with Crippen LogP contribution in [0.4, 0.5) is 0 Å². The predicted molar refractivity (Wildman–Crippen MR) is 100 cm³/mol. The van der Waals surface area contributed by atoms with E-state index in [0.29, 0.717) is 42.1 Å². The Morgan fingerprint density at radius 1 is 1.31 bits per heavy atom. The zero-order valence-corrected chi connectivity index (χ0v) is 16.1. The number of aryl methyl sites for hydroxylation is 1. The normalized spacial score (nSPS) is 22.6. The fourth-order valence-corrected chi connectivity index (χ4v) is 3.53. The van der Waals surface area contributed by atoms with Crippen molar-refractivity contribution in [1.29, 1.82) is 0 Å². The van der Waals surface area contributed by atoms with Gasteiger partial charge in [0.15, 0.2) is 11.5 Å². The fraction of sp³-hybridized carbons (Fsp3) is 0.474. The highest BCUT2D eigenvalue weighted by Crippen LogP contribution is 2.29. The number of aliphatic hydroxyl groups is 1. The molecule has 0 spiro atoms. The Bertz CT molecular complexity index is 914. The van der Waals surface area contributed by atoms with E-state index in [-0.39, 0.29) is 31.5 Å². The summed E-state index contributed by atoms with van der Waals surface area (Å²) < 4.78 is 12.8. The van der Waals surface area contributed by atoms with Gasteiger partial charge in [-0.3, -0.25) is 14.3 Å². The Kier molecular flexibility index (Phi) is 5.34. The molecular weight excluding hydrogens is 378 g/mol. The molecule has 10 nitrogen and oxygen atoms in total. The molecule has 0 aliphatic carbocycles. The highest BCUT2D eigenvalue weighted by atomic mass is 16.5. The number of carbonyl (C=O) groups excluding carboxylic acids is 2. The van der Waals surface area contributed by atoms with E-state index >= 15 is 0 Å². The molecule has 1 aromatic heterocycles. The van der Waals surface area contributed by atoms with Crippen LogP contribution in [0.2, 0.25) is 0 Å². The molecule has 2 aliphatic heterocycles. The quantitative estimate of drug-likeness (QED) is 0.688. The van der Waals surface area contributed by atoms with E-state index in [1.807, 2.05) is 0 Å². The lowest BCUT2D eigenvalue weighted by molar-refractivity contribution is -0.130. The summed E-state index contributed by atoms with van der Waals surface area (Å²) in [7, 11) is 1.52. The number of rotatable bonds is 1. The van der Waals surface area contributed by atoms with Gasteiger partial charge in [0.2, 0.25) is 5.91 Å². The van der Waals surface area contributed by atoms with Crippen LogP contribution in [0.3, 0.4) is 0 Å². The minimum absolute atomic E-state index is 0.0551. The molecule has 1 aromatic carbocycles. The van der Waals surface area contributed by atoms with E-state index in [1.54, 1.807) is 34.0 Å². The zero-order valence-electron chi connectivity index (χ0n) is 16.1. The molecule has 29 heavy (non-hydrogen) atoms. The van der Waals surface area contributed by atoms with E-state index in [2.05, 4.69) is 15.6 Å². The van der Waals surface area contributed by atoms with Crippen LogP contribution in [0.5, 0.6) is 11.5 Å². The summed E-state index contributed by atoms with van der Waals surface area (Å²) in [6.07, 6.45) is 1.88. The summed E-state index contributed by atoms with van der Waals surface area (Å²) in [5, 5.41) is 21.2. The molecular formula is C19H23N5O5. The molecule has 2 N–H and O–H groups in total. The number of hydrogen-bond acceptors (Lipinski definition) is 7. The minimum Gasteiger partial charge on any atom is -0.493 e. The van der Waals surface area contributed by atoms with Crippen molar-refractivity contribution in [2.24, 2.45) is 0 Å². The van der Waals surface area contributed by atoms with Crippen LogP contribution in [-0.2, 0) is 17.9 Å². The van der Waals surface area contributed by atoms with Gasteiger partial charge in [-0.1, -0.05) is 5.21 Å². The highest BCUT2D eigenvalue weighted by Gasteiger charge is 2.35. The van der Waals surface area contributed by atoms with E-state index in [9.17, 15) is 14.7 Å². The smallest absolute Gasteiger partial charge is 0.251 e. The fourth-order valence-electron chi connectivity index (χ4n) is 3.53. The van der Waals surface area contributed by atoms with Crippen molar-refractivity contribution in [3.05, 3.63) is 35.7 Å². The number of fused-ring (bicyclic) bond motifs is 6. The van der Waals surface area contributed by atoms with Gasteiger partial charge in [0.05, 0.1) is 25.5 Å². The van der Waals surface area contributed by atoms with Crippen molar-refractivity contribution in [2.75, 3.05) is 20.2 Å². The van der Waals surface area contributed by atoms with Gasteiger partial charge < -0.3 is 24.8 Å². The number of aromatic nitrogens is 3. The number of carbonyl (C=O) groups is 2. The monoisotopic (exact) mass is 401 g/mol. The van der Waals surface area contributed by atoms with Crippen LogP contribution in [0.1, 0.15) is 28.9 Å². The highest BCUT2D eigenvalue weighted by molar-refractivity contribution is 5.95. The molecule has 4 rings (SSSR count). The first kappa shape index (κ1) is 19.2. The average molecular weight is 401 g/mol. The Balaban J connectivity index is 1.62. The summed E-state index contributed by atoms with van der Waals surface area (Å²) in [6.45, 7) is 1.19. The first-order valence-electron chi connectivity index (χ1n) is 9.50. The number of amides is 2. The Morgan fingerprint density at radius 2 is 2.17 bits per heavy atom. The number of nitrogens with zero attached hydrogens (tertiary/aromatic N) is 4. The van der Waals surface area contributed by atoms with E-state index in [4.69, 9.17) is 9.47 Å². The van der Waals surface area contributed by atoms with Crippen LogP contribution in [0.15, 0.2) is 24.4 Å². The van der Waals surface area contributed by atoms with E-state index < -0.39 is 12.1 Å². The standard InChI is InChI=1S/C19H23N5O5/c1-28-16-5-4-12-7-17(16)29-11-13-8-24(22-21-13)6-2-3-18(26)23-9-14(15(25)10-23)20-19(12)27/h4-5,7-8,14-15,25H,2-3,6,9-11H2,1H3,(H,20,27)/t14-,15-/m1/s1. The summed E-state index contributed by atoms with van der Waals surface area (Å²) in [4.78, 5) is 26.7. The maximum Gasteiger partial charge on any atom is 0.251 e. The molecule has 2 atom stereocenters. The molecule has 0 saturated carbocycles. The number of methoxy groups -OCH3 is 1. The lowest BCUT2D eigenvalue weighted by Gasteiger charge is -2.17. The first-order valence-corrected chi connectivity index (χ1v) is 9.50. The third kappa shape index (κ3) is 4.16. The second-order valence-electron chi connectivity index (χ2n) is 7.18. The Morgan fingerprint density at radius 3 is 3.00 bits per heavy atom. The molecule has 6 bridgehead atoms. The maximum atomic E-state index is 12.7. The molecule has 0 radical (unpaired) electrons. The van der Waals surface area contributed by atoms with Crippen molar-refractivity contribution < 1.29 is 24.2 Å². The van der Waals surface area contributed by atoms with Gasteiger partial charge in [-0.05, 0) is 24.6 Å². The third-order valence-electron chi connectivity index (χ3n) is 5.12. The third-order valence-corrected chi connectivity index (χ3v) is 5.12. The van der Waals surface area contributed by atoms with Gasteiger partial charge >= 0.3 is 0 Å². The van der Waals surface area contributed by atoms with Gasteiger partial charge in [0, 0.05) is 31.6 Å². The van der Waals surface area contributed by atoms with Crippen molar-refractivity contribution in [3.8, 4) is 11.5 Å². The lowest BCUT2D eigenvalue weighted by atomic mass is 10.1. The second-order valence-corrected chi connectivity index (χ2v) is 7.18. The Hall–Kier alpha value is -3.14. The molecule has 10 heteroatoms. The lowest BCUT2D eigenvalue weighted by Crippen LogP contribution is -2.43. The second kappa shape index (κ2) is 8.08. The number of nitrogens with one attached hydrogen (secondary N) is 1. The summed E-state index contributed by atoms with van der Waals surface area (Å²) >= 11 is 0. The molecule has 2 amide bonds. The van der Waals surface area contributed by atoms with E-state index in [0.717, 1.165) is 0 Å². The largest absolute Gasteiger partial charge is 0.493 e. The molecule has 2 aromatic rings. The van der Waals surface area contributed by atoms with Crippen molar-refractivity contribution >= 4 is 11.8 Å². The number of hydrogen-bond donors (Lipinski definition) is 2. The zero-order chi connectivity index (χ0) is 20.4. The van der Waals surface area contributed by atoms with Crippen LogP contribution in [-0.4, -0.2) is 69.2 Å². The van der Waals surface area contributed by atoms with Crippen LogP contribution in [0, 0.1) is 0 Å². The van der Waals surface area contributed by atoms with Gasteiger partial charge in [0.1, 0.15) is 12.3 Å². The van der Waals surface area contributed by atoms with Gasteiger partial charge in [0.25, 0.3) is 5.91 Å². The van der Waals surface area contributed by atoms with Crippen LogP contribution >= 0.6 is 0 Å². The SMILES string of the molecule is COc1ccc2cc1OCc1cn(nn1)CCCC(=O)N1C[C@@H](O)[C@@H](C1)NC2=O. The minimum atomic E-state index is -0.811. The maximum absolute atomic E-state index is 12.7. The topological polar surface area (TPSA) is 119 Å². The number of aliphatic hydroxyl groups excluding tert-OH is 1. The summed E-state index contributed by atoms with van der Waals surface area (Å²) in [5.74, 6) is 0.485. The van der Waals surface area contributed by atoms with E-state index in [1.165, 1.54) is 7.11 Å². The molecule has 3 heterocycles. The summed E-state index contributed by atoms with van der Waals surface area (Å²) in [5.41, 5.74) is 0.995. The molecule has 1 fully saturated rings. The molecule has 1 saturated heterocycles. The van der Waals surface area contributed by atoms with Crippen molar-refractivity contribution in [2.45, 2.75) is 38.1 Å². The first-order chi connectivity index (χ1) is 14.0. The molecule has 0 unspecified atom stereocenters. The van der Waals surface area contributed by atoms with Crippen molar-refractivity contribution in [3.63, 3.8) is 0 Å². The molecule has 154 valence electrons. The Labute approximate surface area is 167 Å². The number of ether oxygens (including phenoxy) is 2. The van der Waals surface area contributed by atoms with Crippen LogP contribution < -0.4 is 14.8 Å². The molecule has 2 aliphatic rings. The summed E-state index contributed by atoms with van der Waals surface area (Å²) in [6, 6.07) is 4.33. The van der Waals surface area contributed by atoms with Gasteiger partial charge in [-0.2, -0.15) is 0 Å². The predicted octanol–water partition coefficient (Wildman–Crippen LogP) is -0.0390. The van der Waals surface area contributed by atoms with Gasteiger partial charge in [-0.15, -0.1) is 5.10 Å². The number of benzene rings is 1.